The Labute approximate surface area is 216 Å². The van der Waals surface area contributed by atoms with E-state index in [1.807, 2.05) is 55.5 Å². The number of amides is 1. The molecule has 0 saturated heterocycles. The highest BCUT2D eigenvalue weighted by molar-refractivity contribution is 6.30. The van der Waals surface area contributed by atoms with Gasteiger partial charge in [-0.05, 0) is 86.8 Å². The van der Waals surface area contributed by atoms with E-state index in [-0.39, 0.29) is 17.5 Å². The van der Waals surface area contributed by atoms with E-state index in [9.17, 15) is 14.9 Å². The fourth-order valence-electron chi connectivity index (χ4n) is 3.80. The largest absolute Gasteiger partial charge is 0.446 e. The Kier molecular flexibility index (Phi) is 8.48. The third-order valence-electron chi connectivity index (χ3n) is 5.92. The van der Waals surface area contributed by atoms with Gasteiger partial charge in [0.1, 0.15) is 0 Å². The lowest BCUT2D eigenvalue weighted by Gasteiger charge is -2.30. The zero-order valence-electron chi connectivity index (χ0n) is 20.3. The van der Waals surface area contributed by atoms with Gasteiger partial charge in [-0.2, -0.15) is 10.5 Å². The average molecular weight is 500 g/mol. The van der Waals surface area contributed by atoms with Gasteiger partial charge in [-0.15, -0.1) is 0 Å². The van der Waals surface area contributed by atoms with E-state index >= 15 is 0 Å². The first-order chi connectivity index (χ1) is 17.1. The maximum Gasteiger partial charge on any atom is 0.339 e. The molecule has 7 heteroatoms. The molecule has 0 heterocycles. The first kappa shape index (κ1) is 26.5. The highest BCUT2D eigenvalue weighted by Gasteiger charge is 2.35. The first-order valence-corrected chi connectivity index (χ1v) is 11.8. The molecule has 0 aliphatic carbocycles. The molecule has 1 N–H and O–H groups in total. The number of hydrogen-bond donors (Lipinski definition) is 1. The molecule has 6 nitrogen and oxygen atoms in total. The molecule has 0 bridgehead atoms. The minimum Gasteiger partial charge on any atom is -0.446 e. The molecule has 0 radical (unpaired) electrons. The molecule has 2 atom stereocenters. The summed E-state index contributed by atoms with van der Waals surface area (Å²) in [6, 6.07) is 24.6. The summed E-state index contributed by atoms with van der Waals surface area (Å²) < 4.78 is 5.52. The van der Waals surface area contributed by atoms with Crippen LogP contribution in [-0.2, 0) is 16.0 Å². The Balaban J connectivity index is 1.78. The van der Waals surface area contributed by atoms with Crippen molar-refractivity contribution in [1.29, 1.82) is 10.5 Å². The first-order valence-electron chi connectivity index (χ1n) is 11.4. The number of carbonyl (C=O) groups excluding carboxylic acids is 2. The molecular formula is C29H26ClN3O3. The quantitative estimate of drug-likeness (QED) is 0.409. The van der Waals surface area contributed by atoms with Gasteiger partial charge in [0.2, 0.25) is 0 Å². The second kappa shape index (κ2) is 11.5. The van der Waals surface area contributed by atoms with Crippen LogP contribution in [0.25, 0.3) is 0 Å². The monoisotopic (exact) mass is 499 g/mol. The van der Waals surface area contributed by atoms with Crippen LogP contribution in [0.2, 0.25) is 5.02 Å². The molecule has 3 rings (SSSR count). The highest BCUT2D eigenvalue weighted by atomic mass is 35.5. The van der Waals surface area contributed by atoms with E-state index in [1.54, 1.807) is 6.07 Å². The van der Waals surface area contributed by atoms with Crippen LogP contribution in [0.15, 0.2) is 72.8 Å². The number of nitrogens with one attached hydrogen (secondary N) is 1. The molecule has 0 saturated carbocycles. The fraction of sp³-hybridized carbons (Fsp3) is 0.241. The van der Waals surface area contributed by atoms with Gasteiger partial charge in [0, 0.05) is 17.0 Å². The molecule has 0 fully saturated rings. The molecular weight excluding hydrogens is 474 g/mol. The van der Waals surface area contributed by atoms with E-state index < -0.39 is 17.5 Å². The van der Waals surface area contributed by atoms with Crippen LogP contribution in [0.4, 0.5) is 0 Å². The number of esters is 1. The zero-order valence-corrected chi connectivity index (χ0v) is 21.0. The maximum absolute atomic E-state index is 13.2. The molecule has 0 spiro atoms. The number of nitrogens with zero attached hydrogens (tertiary/aromatic N) is 2. The Bertz CT molecular complexity index is 1320. The van der Waals surface area contributed by atoms with E-state index in [0.29, 0.717) is 22.6 Å². The predicted octanol–water partition coefficient (Wildman–Crippen LogP) is 5.55. The van der Waals surface area contributed by atoms with E-state index in [1.165, 1.54) is 38.1 Å². The number of hydrogen-bond acceptors (Lipinski definition) is 5. The van der Waals surface area contributed by atoms with Crippen LogP contribution in [0.5, 0.6) is 0 Å². The lowest BCUT2D eigenvalue weighted by atomic mass is 9.85. The number of nitriles is 2. The summed E-state index contributed by atoms with van der Waals surface area (Å²) in [4.78, 5) is 25.8. The zero-order chi connectivity index (χ0) is 26.3. The van der Waals surface area contributed by atoms with Crippen LogP contribution in [0.3, 0.4) is 0 Å². The summed E-state index contributed by atoms with van der Waals surface area (Å²) in [5, 5.41) is 21.9. The average Bonchev–Trinajstić information content (AvgIpc) is 2.88. The Morgan fingerprint density at radius 3 is 2.22 bits per heavy atom. The van der Waals surface area contributed by atoms with Crippen molar-refractivity contribution in [3.8, 4) is 12.1 Å². The van der Waals surface area contributed by atoms with E-state index in [2.05, 4.69) is 11.4 Å². The summed E-state index contributed by atoms with van der Waals surface area (Å²) in [6.07, 6.45) is 0.596. The Hall–Kier alpha value is -4.13. The molecule has 1 amide bonds. The third-order valence-corrected chi connectivity index (χ3v) is 6.17. The standard InChI is InChI=1S/C29H26ClN3O3/c1-19(33-28(35)29(2,3)36-27(34)23-11-7-21(17-31)8-12-23)26(16-20-9-13-25(30)14-10-20)24-6-4-5-22(15-24)18-32/h4-15,19,26H,16H2,1-3H3,(H,33,35)/t19-,26+/m0/s1. The third kappa shape index (κ3) is 6.72. The summed E-state index contributed by atoms with van der Waals surface area (Å²) >= 11 is 6.04. The molecule has 0 aliphatic heterocycles. The summed E-state index contributed by atoms with van der Waals surface area (Å²) in [5.74, 6) is -1.27. The van der Waals surface area contributed by atoms with E-state index in [0.717, 1.165) is 11.1 Å². The molecule has 36 heavy (non-hydrogen) atoms. The number of carbonyl (C=O) groups is 2. The summed E-state index contributed by atoms with van der Waals surface area (Å²) in [7, 11) is 0. The number of ether oxygens (including phenoxy) is 1. The Morgan fingerprint density at radius 2 is 1.61 bits per heavy atom. The highest BCUT2D eigenvalue weighted by Crippen LogP contribution is 2.27. The van der Waals surface area contributed by atoms with Gasteiger partial charge < -0.3 is 10.1 Å². The van der Waals surface area contributed by atoms with Crippen molar-refractivity contribution >= 4 is 23.5 Å². The predicted molar refractivity (Wildman–Crippen MR) is 137 cm³/mol. The topological polar surface area (TPSA) is 103 Å². The van der Waals surface area contributed by atoms with Crippen molar-refractivity contribution in [2.45, 2.75) is 44.8 Å². The summed E-state index contributed by atoms with van der Waals surface area (Å²) in [5.41, 5.74) is 1.69. The van der Waals surface area contributed by atoms with Crippen LogP contribution >= 0.6 is 11.6 Å². The Morgan fingerprint density at radius 1 is 0.972 bits per heavy atom. The van der Waals surface area contributed by atoms with Crippen LogP contribution < -0.4 is 5.32 Å². The molecule has 0 aliphatic rings. The van der Waals surface area contributed by atoms with Gasteiger partial charge >= 0.3 is 5.97 Å². The molecule has 3 aromatic rings. The van der Waals surface area contributed by atoms with Crippen LogP contribution in [0.1, 0.15) is 59.3 Å². The van der Waals surface area contributed by atoms with Gasteiger partial charge in [-0.25, -0.2) is 4.79 Å². The lowest BCUT2D eigenvalue weighted by Crippen LogP contribution is -2.50. The minimum atomic E-state index is -1.45. The lowest BCUT2D eigenvalue weighted by molar-refractivity contribution is -0.138. The normalized spacial score (nSPS) is 12.5. The van der Waals surface area contributed by atoms with Gasteiger partial charge in [-0.3, -0.25) is 4.79 Å². The van der Waals surface area contributed by atoms with Crippen LogP contribution in [0, 0.1) is 22.7 Å². The molecule has 0 aromatic heterocycles. The van der Waals surface area contributed by atoms with Gasteiger partial charge in [0.25, 0.3) is 5.91 Å². The fourth-order valence-corrected chi connectivity index (χ4v) is 3.92. The van der Waals surface area contributed by atoms with Crippen LogP contribution in [-0.4, -0.2) is 23.5 Å². The SMILES string of the molecule is C[C@H](NC(=O)C(C)(C)OC(=O)c1ccc(C#N)cc1)[C@@H](Cc1ccc(Cl)cc1)c1cccc(C#N)c1. The van der Waals surface area contributed by atoms with E-state index in [4.69, 9.17) is 21.6 Å². The van der Waals surface area contributed by atoms with Crippen molar-refractivity contribution in [1.82, 2.24) is 5.32 Å². The smallest absolute Gasteiger partial charge is 0.339 e. The van der Waals surface area contributed by atoms with Gasteiger partial charge in [0.15, 0.2) is 5.60 Å². The second-order valence-corrected chi connectivity index (χ2v) is 9.46. The van der Waals surface area contributed by atoms with Crippen molar-refractivity contribution in [3.63, 3.8) is 0 Å². The molecule has 3 aromatic carbocycles. The van der Waals surface area contributed by atoms with Gasteiger partial charge in [-0.1, -0.05) is 35.9 Å². The molecule has 0 unspecified atom stereocenters. The number of benzene rings is 3. The number of rotatable bonds is 8. The summed E-state index contributed by atoms with van der Waals surface area (Å²) in [6.45, 7) is 4.94. The minimum absolute atomic E-state index is 0.159. The maximum atomic E-state index is 13.2. The number of halogens is 1. The second-order valence-electron chi connectivity index (χ2n) is 9.03. The van der Waals surface area contributed by atoms with Crippen molar-refractivity contribution in [2.24, 2.45) is 0 Å². The van der Waals surface area contributed by atoms with Crippen molar-refractivity contribution in [3.05, 3.63) is 106 Å². The van der Waals surface area contributed by atoms with Crippen molar-refractivity contribution in [2.75, 3.05) is 0 Å². The van der Waals surface area contributed by atoms with Crippen molar-refractivity contribution < 1.29 is 14.3 Å². The molecule has 182 valence electrons. The van der Waals surface area contributed by atoms with Gasteiger partial charge in [0.05, 0.1) is 28.8 Å².